The van der Waals surface area contributed by atoms with Crippen LogP contribution in [0.1, 0.15) is 6.42 Å². The van der Waals surface area contributed by atoms with Gasteiger partial charge in [0.1, 0.15) is 0 Å². The van der Waals surface area contributed by atoms with Gasteiger partial charge in [0.25, 0.3) is 0 Å². The summed E-state index contributed by atoms with van der Waals surface area (Å²) in [5, 5.41) is 1.20. The van der Waals surface area contributed by atoms with Crippen LogP contribution < -0.4 is 0 Å². The maximum Gasteiger partial charge on any atom is 0.0527 e. The number of rotatable bonds is 1. The first-order chi connectivity index (χ1) is 5.59. The van der Waals surface area contributed by atoms with Crippen molar-refractivity contribution in [3.05, 3.63) is 12.2 Å². The Labute approximate surface area is 77.2 Å². The van der Waals surface area contributed by atoms with Crippen LogP contribution in [0.15, 0.2) is 12.2 Å². The average Bonchev–Trinajstić information content (AvgIpc) is 2.55. The molecule has 0 N–H and O–H groups in total. The second kappa shape index (κ2) is 2.07. The third-order valence-corrected chi connectivity index (χ3v) is 12.3. The number of hydrogen-bond acceptors (Lipinski definition) is 0. The van der Waals surface area contributed by atoms with Crippen molar-refractivity contribution >= 4 is 16.0 Å². The molecule has 3 heterocycles. The molecule has 0 aromatic rings. The Morgan fingerprint density at radius 2 is 2.00 bits per heavy atom. The van der Waals surface area contributed by atoms with E-state index in [4.69, 9.17) is 0 Å². The van der Waals surface area contributed by atoms with Gasteiger partial charge in [-0.15, -0.1) is 0 Å². The number of hydrogen-bond donors (Lipinski definition) is 0. The van der Waals surface area contributed by atoms with Gasteiger partial charge in [-0.25, -0.2) is 0 Å². The van der Waals surface area contributed by atoms with E-state index in [2.05, 4.69) is 31.8 Å². The van der Waals surface area contributed by atoms with Crippen molar-refractivity contribution in [3.63, 3.8) is 0 Å². The second-order valence-corrected chi connectivity index (χ2v) is 14.2. The van der Waals surface area contributed by atoms with Crippen LogP contribution in [0.4, 0.5) is 0 Å². The Morgan fingerprint density at radius 3 is 2.33 bits per heavy atom. The minimum atomic E-state index is -0.822. The monoisotopic (exact) mass is 196 g/mol. The van der Waals surface area contributed by atoms with E-state index in [1.54, 1.807) is 6.42 Å². The molecule has 2 heteroatoms. The summed E-state index contributed by atoms with van der Waals surface area (Å²) in [6.45, 7) is 7.72. The van der Waals surface area contributed by atoms with Crippen molar-refractivity contribution in [1.29, 1.82) is 0 Å². The van der Waals surface area contributed by atoms with E-state index in [1.807, 2.05) is 0 Å². The molecule has 0 amide bonds. The van der Waals surface area contributed by atoms with Crippen molar-refractivity contribution in [1.82, 2.24) is 0 Å². The van der Waals surface area contributed by atoms with Crippen molar-refractivity contribution in [2.24, 2.45) is 5.92 Å². The molecule has 66 valence electrons. The average molecular weight is 196 g/mol. The van der Waals surface area contributed by atoms with E-state index < -0.39 is 8.07 Å². The summed E-state index contributed by atoms with van der Waals surface area (Å²) in [5.74, 6) is 1.03. The van der Waals surface area contributed by atoms with Gasteiger partial charge in [-0.2, -0.15) is 0 Å². The molecule has 3 aliphatic heterocycles. The lowest BCUT2D eigenvalue weighted by atomic mass is 9.98. The van der Waals surface area contributed by atoms with Gasteiger partial charge in [0.15, 0.2) is 0 Å². The van der Waals surface area contributed by atoms with Crippen molar-refractivity contribution in [2.45, 2.75) is 42.7 Å². The fourth-order valence-corrected chi connectivity index (χ4v) is 12.9. The molecule has 0 aromatic carbocycles. The third kappa shape index (κ3) is 0.821. The topological polar surface area (TPSA) is 0 Å². The highest BCUT2D eigenvalue weighted by atomic mass is 31.1. The summed E-state index contributed by atoms with van der Waals surface area (Å²) in [6.07, 6.45) is 6.67. The number of allylic oxidation sites excluding steroid dienone is 2. The summed E-state index contributed by atoms with van der Waals surface area (Å²) >= 11 is 0. The van der Waals surface area contributed by atoms with Crippen LogP contribution in [0.5, 0.6) is 0 Å². The zero-order valence-corrected chi connectivity index (χ0v) is 10.0. The zero-order chi connectivity index (χ0) is 8.51. The van der Waals surface area contributed by atoms with Crippen LogP contribution in [-0.4, -0.2) is 24.7 Å². The zero-order valence-electron chi connectivity index (χ0n) is 8.12. The van der Waals surface area contributed by atoms with Gasteiger partial charge >= 0.3 is 0 Å². The van der Waals surface area contributed by atoms with Crippen molar-refractivity contribution in [2.75, 3.05) is 0 Å². The van der Waals surface area contributed by atoms with Gasteiger partial charge < -0.3 is 0 Å². The quantitative estimate of drug-likeness (QED) is 0.343. The smallest absolute Gasteiger partial charge is 0.0527 e. The molecule has 0 radical (unpaired) electrons. The molecule has 2 saturated heterocycles. The Balaban J connectivity index is 1.96. The highest BCUT2D eigenvalue weighted by molar-refractivity contribution is 7.71. The second-order valence-electron chi connectivity index (χ2n) is 5.60. The van der Waals surface area contributed by atoms with E-state index in [0.717, 1.165) is 11.6 Å². The first-order valence-electron chi connectivity index (χ1n) is 5.05. The molecule has 0 aromatic heterocycles. The third-order valence-electron chi connectivity index (χ3n) is 3.71. The maximum absolute atomic E-state index is 2.57. The maximum atomic E-state index is 2.57. The van der Waals surface area contributed by atoms with Crippen LogP contribution in [0.3, 0.4) is 0 Å². The minimum Gasteiger partial charge on any atom is -0.0938 e. The largest absolute Gasteiger partial charge is 0.0938 e. The Hall–Kier alpha value is 0.387. The van der Waals surface area contributed by atoms with E-state index in [1.165, 1.54) is 10.9 Å². The van der Waals surface area contributed by atoms with Gasteiger partial charge in [0, 0.05) is 5.66 Å². The first kappa shape index (κ1) is 7.76. The van der Waals surface area contributed by atoms with Gasteiger partial charge in [0.2, 0.25) is 0 Å². The molecule has 4 bridgehead atoms. The van der Waals surface area contributed by atoms with E-state index in [-0.39, 0.29) is 0 Å². The molecule has 5 unspecified atom stereocenters. The Kier molecular flexibility index (Phi) is 1.34. The molecular weight excluding hydrogens is 179 g/mol. The van der Waals surface area contributed by atoms with Gasteiger partial charge in [0.05, 0.1) is 8.07 Å². The van der Waals surface area contributed by atoms with Crippen molar-refractivity contribution < 1.29 is 0 Å². The van der Waals surface area contributed by atoms with E-state index in [0.29, 0.717) is 7.92 Å². The van der Waals surface area contributed by atoms with Crippen molar-refractivity contribution in [3.8, 4) is 0 Å². The van der Waals surface area contributed by atoms with Crippen LogP contribution in [0, 0.1) is 5.92 Å². The van der Waals surface area contributed by atoms with E-state index >= 15 is 0 Å². The molecule has 5 atom stereocenters. The standard InChI is InChI=1S/C10H17PSi/c1-12(2,3)10-7-4-5-8-9(6-7)11(8)10/h4-5,7-10H,6H2,1-3H3. The molecule has 0 spiro atoms. The van der Waals surface area contributed by atoms with E-state index in [9.17, 15) is 0 Å². The summed E-state index contributed by atoms with van der Waals surface area (Å²) < 4.78 is 0. The highest BCUT2D eigenvalue weighted by Crippen LogP contribution is 2.81. The van der Waals surface area contributed by atoms with Crippen LogP contribution in [-0.2, 0) is 0 Å². The Bertz CT molecular complexity index is 253. The van der Waals surface area contributed by atoms with Crippen LogP contribution in [0.2, 0.25) is 19.6 Å². The molecule has 1 aliphatic carbocycles. The Morgan fingerprint density at radius 1 is 1.25 bits per heavy atom. The van der Waals surface area contributed by atoms with Gasteiger partial charge in [-0.1, -0.05) is 39.7 Å². The highest BCUT2D eigenvalue weighted by Gasteiger charge is 2.64. The molecule has 4 aliphatic rings. The van der Waals surface area contributed by atoms with Gasteiger partial charge in [-0.05, 0) is 23.3 Å². The fraction of sp³-hybridized carbons (Fsp3) is 0.800. The molecule has 12 heavy (non-hydrogen) atoms. The molecule has 4 rings (SSSR count). The lowest BCUT2D eigenvalue weighted by molar-refractivity contribution is 0.623. The first-order valence-corrected chi connectivity index (χ1v) is 10.2. The minimum absolute atomic E-state index is 0.511. The van der Waals surface area contributed by atoms with Gasteiger partial charge in [-0.3, -0.25) is 0 Å². The lowest BCUT2D eigenvalue weighted by Crippen LogP contribution is -2.40. The molecular formula is C10H17PSi. The summed E-state index contributed by atoms with van der Waals surface area (Å²) in [7, 11) is -0.310. The predicted molar refractivity (Wildman–Crippen MR) is 58.9 cm³/mol. The summed E-state index contributed by atoms with van der Waals surface area (Å²) in [4.78, 5) is 0. The SMILES string of the molecule is C[Si](C)(C)C1C2C=CC3C(C2)P31. The normalized spacial score (nSPS) is 54.4. The molecule has 0 nitrogen and oxygen atoms in total. The summed E-state index contributed by atoms with van der Waals surface area (Å²) in [5.41, 5.74) is 2.30. The molecule has 0 saturated carbocycles. The van der Waals surface area contributed by atoms with Crippen LogP contribution >= 0.6 is 7.92 Å². The van der Waals surface area contributed by atoms with Crippen LogP contribution in [0.25, 0.3) is 0 Å². The fourth-order valence-electron chi connectivity index (χ4n) is 3.36. The molecule has 2 fully saturated rings. The summed E-state index contributed by atoms with van der Waals surface area (Å²) in [6, 6.07) is 0. The lowest BCUT2D eigenvalue weighted by Gasteiger charge is -2.34. The predicted octanol–water partition coefficient (Wildman–Crippen LogP) is 3.05.